The molecule has 0 heterocycles. The molecule has 0 radical (unpaired) electrons. The lowest BCUT2D eigenvalue weighted by atomic mass is 10.0. The SMILES string of the molecule is Cc1ccccc1C(C)Nc1ccc(OCC(N)=O)cc1. The summed E-state index contributed by atoms with van der Waals surface area (Å²) in [7, 11) is 0. The van der Waals surface area contributed by atoms with Crippen molar-refractivity contribution in [3.8, 4) is 5.75 Å². The van der Waals surface area contributed by atoms with Crippen molar-refractivity contribution in [2.45, 2.75) is 19.9 Å². The second kappa shape index (κ2) is 6.79. The van der Waals surface area contributed by atoms with Gasteiger partial charge in [-0.05, 0) is 49.2 Å². The third-order valence-corrected chi connectivity index (χ3v) is 3.27. The molecular weight excluding hydrogens is 264 g/mol. The van der Waals surface area contributed by atoms with Crippen molar-refractivity contribution in [2.24, 2.45) is 5.73 Å². The maximum absolute atomic E-state index is 10.7. The molecule has 4 heteroatoms. The summed E-state index contributed by atoms with van der Waals surface area (Å²) in [5.41, 5.74) is 8.57. The van der Waals surface area contributed by atoms with Gasteiger partial charge in [-0.3, -0.25) is 4.79 Å². The highest BCUT2D eigenvalue weighted by Crippen LogP contribution is 2.23. The zero-order valence-corrected chi connectivity index (χ0v) is 12.3. The Bertz CT molecular complexity index is 608. The third-order valence-electron chi connectivity index (χ3n) is 3.27. The number of ether oxygens (including phenoxy) is 1. The quantitative estimate of drug-likeness (QED) is 0.857. The van der Waals surface area contributed by atoms with E-state index in [0.717, 1.165) is 5.69 Å². The number of hydrogen-bond acceptors (Lipinski definition) is 3. The van der Waals surface area contributed by atoms with Crippen LogP contribution in [-0.2, 0) is 4.79 Å². The number of amides is 1. The first-order valence-electron chi connectivity index (χ1n) is 6.89. The fraction of sp³-hybridized carbons (Fsp3) is 0.235. The Balaban J connectivity index is 2.00. The maximum atomic E-state index is 10.7. The number of carbonyl (C=O) groups is 1. The van der Waals surface area contributed by atoms with E-state index < -0.39 is 5.91 Å². The number of rotatable bonds is 6. The van der Waals surface area contributed by atoms with E-state index in [4.69, 9.17) is 10.5 Å². The van der Waals surface area contributed by atoms with Crippen LogP contribution in [0.5, 0.6) is 5.75 Å². The van der Waals surface area contributed by atoms with Crippen LogP contribution in [-0.4, -0.2) is 12.5 Å². The van der Waals surface area contributed by atoms with Crippen LogP contribution in [0.3, 0.4) is 0 Å². The number of aryl methyl sites for hydroxylation is 1. The molecule has 0 spiro atoms. The van der Waals surface area contributed by atoms with Crippen molar-refractivity contribution >= 4 is 11.6 Å². The summed E-state index contributed by atoms with van der Waals surface area (Å²) < 4.78 is 5.23. The lowest BCUT2D eigenvalue weighted by Gasteiger charge is -2.18. The normalized spacial score (nSPS) is 11.7. The van der Waals surface area contributed by atoms with Gasteiger partial charge in [0.25, 0.3) is 5.91 Å². The molecule has 0 aliphatic carbocycles. The van der Waals surface area contributed by atoms with Crippen LogP contribution in [0.25, 0.3) is 0 Å². The molecule has 0 aliphatic rings. The maximum Gasteiger partial charge on any atom is 0.255 e. The van der Waals surface area contributed by atoms with Crippen molar-refractivity contribution < 1.29 is 9.53 Å². The Hall–Kier alpha value is -2.49. The molecular formula is C17H20N2O2. The van der Waals surface area contributed by atoms with Gasteiger partial charge in [0.1, 0.15) is 5.75 Å². The number of hydrogen-bond donors (Lipinski definition) is 2. The van der Waals surface area contributed by atoms with Crippen molar-refractivity contribution in [3.63, 3.8) is 0 Å². The van der Waals surface area contributed by atoms with Crippen LogP contribution in [0, 0.1) is 6.92 Å². The zero-order chi connectivity index (χ0) is 15.2. The topological polar surface area (TPSA) is 64.3 Å². The summed E-state index contributed by atoms with van der Waals surface area (Å²) in [6.07, 6.45) is 0. The molecule has 2 rings (SSSR count). The van der Waals surface area contributed by atoms with Crippen LogP contribution >= 0.6 is 0 Å². The third kappa shape index (κ3) is 4.24. The Morgan fingerprint density at radius 3 is 2.48 bits per heavy atom. The first kappa shape index (κ1) is 14.9. The van der Waals surface area contributed by atoms with E-state index in [2.05, 4.69) is 31.3 Å². The van der Waals surface area contributed by atoms with Crippen LogP contribution in [0.1, 0.15) is 24.1 Å². The predicted molar refractivity (Wildman–Crippen MR) is 84.3 cm³/mol. The summed E-state index contributed by atoms with van der Waals surface area (Å²) >= 11 is 0. The van der Waals surface area contributed by atoms with E-state index in [-0.39, 0.29) is 12.6 Å². The van der Waals surface area contributed by atoms with Crippen molar-refractivity contribution in [1.29, 1.82) is 0 Å². The van der Waals surface area contributed by atoms with E-state index in [0.29, 0.717) is 5.75 Å². The zero-order valence-electron chi connectivity index (χ0n) is 12.3. The van der Waals surface area contributed by atoms with Gasteiger partial charge in [-0.25, -0.2) is 0 Å². The van der Waals surface area contributed by atoms with Crippen molar-refractivity contribution in [3.05, 3.63) is 59.7 Å². The number of primary amides is 1. The van der Waals surface area contributed by atoms with Gasteiger partial charge >= 0.3 is 0 Å². The predicted octanol–water partition coefficient (Wildman–Crippen LogP) is 3.03. The molecule has 21 heavy (non-hydrogen) atoms. The van der Waals surface area contributed by atoms with Crippen LogP contribution in [0.4, 0.5) is 5.69 Å². The van der Waals surface area contributed by atoms with Gasteiger partial charge in [-0.2, -0.15) is 0 Å². The average Bonchev–Trinajstić information content (AvgIpc) is 2.47. The van der Waals surface area contributed by atoms with E-state index in [1.165, 1.54) is 11.1 Å². The van der Waals surface area contributed by atoms with E-state index in [1.807, 2.05) is 36.4 Å². The van der Waals surface area contributed by atoms with Crippen LogP contribution in [0.15, 0.2) is 48.5 Å². The molecule has 1 unspecified atom stereocenters. The average molecular weight is 284 g/mol. The second-order valence-corrected chi connectivity index (χ2v) is 5.00. The fourth-order valence-electron chi connectivity index (χ4n) is 2.20. The minimum Gasteiger partial charge on any atom is -0.484 e. The molecule has 2 aromatic carbocycles. The highest BCUT2D eigenvalue weighted by Gasteiger charge is 2.07. The smallest absolute Gasteiger partial charge is 0.255 e. The van der Waals surface area contributed by atoms with Gasteiger partial charge in [-0.1, -0.05) is 24.3 Å². The Kier molecular flexibility index (Phi) is 4.82. The number of carbonyl (C=O) groups excluding carboxylic acids is 1. The highest BCUT2D eigenvalue weighted by atomic mass is 16.5. The minimum atomic E-state index is -0.481. The molecule has 0 bridgehead atoms. The summed E-state index contributed by atoms with van der Waals surface area (Å²) in [4.78, 5) is 10.7. The Morgan fingerprint density at radius 2 is 1.86 bits per heavy atom. The van der Waals surface area contributed by atoms with Crippen LogP contribution in [0.2, 0.25) is 0 Å². The molecule has 1 atom stereocenters. The number of nitrogens with one attached hydrogen (secondary N) is 1. The fourth-order valence-corrected chi connectivity index (χ4v) is 2.20. The lowest BCUT2D eigenvalue weighted by molar-refractivity contribution is -0.119. The molecule has 0 aromatic heterocycles. The number of anilines is 1. The van der Waals surface area contributed by atoms with Gasteiger partial charge in [0.2, 0.25) is 0 Å². The molecule has 1 amide bonds. The van der Waals surface area contributed by atoms with Crippen molar-refractivity contribution in [2.75, 3.05) is 11.9 Å². The largest absolute Gasteiger partial charge is 0.484 e. The summed E-state index contributed by atoms with van der Waals surface area (Å²) in [6.45, 7) is 4.13. The Labute approximate surface area is 124 Å². The van der Waals surface area contributed by atoms with Gasteiger partial charge in [0.15, 0.2) is 6.61 Å². The standard InChI is InChI=1S/C17H20N2O2/c1-12-5-3-4-6-16(12)13(2)19-14-7-9-15(10-8-14)21-11-17(18)20/h3-10,13,19H,11H2,1-2H3,(H2,18,20). The molecule has 4 nitrogen and oxygen atoms in total. The summed E-state index contributed by atoms with van der Waals surface area (Å²) in [5.74, 6) is 0.147. The van der Waals surface area contributed by atoms with E-state index >= 15 is 0 Å². The molecule has 0 aliphatic heterocycles. The summed E-state index contributed by atoms with van der Waals surface area (Å²) in [6, 6.07) is 16.0. The van der Waals surface area contributed by atoms with Gasteiger partial charge < -0.3 is 15.8 Å². The second-order valence-electron chi connectivity index (χ2n) is 5.00. The first-order valence-corrected chi connectivity index (χ1v) is 6.89. The lowest BCUT2D eigenvalue weighted by Crippen LogP contribution is -2.19. The number of benzene rings is 2. The van der Waals surface area contributed by atoms with E-state index in [9.17, 15) is 4.79 Å². The molecule has 2 aromatic rings. The minimum absolute atomic E-state index is 0.105. The molecule has 3 N–H and O–H groups in total. The Morgan fingerprint density at radius 1 is 1.19 bits per heavy atom. The first-order chi connectivity index (χ1) is 10.1. The van der Waals surface area contributed by atoms with Gasteiger partial charge in [0.05, 0.1) is 0 Å². The monoisotopic (exact) mass is 284 g/mol. The highest BCUT2D eigenvalue weighted by molar-refractivity contribution is 5.75. The molecule has 110 valence electrons. The van der Waals surface area contributed by atoms with Crippen molar-refractivity contribution in [1.82, 2.24) is 0 Å². The molecule has 0 fully saturated rings. The summed E-state index contributed by atoms with van der Waals surface area (Å²) in [5, 5.41) is 3.44. The molecule has 0 saturated heterocycles. The van der Waals surface area contributed by atoms with Crippen LogP contribution < -0.4 is 15.8 Å². The van der Waals surface area contributed by atoms with Gasteiger partial charge in [-0.15, -0.1) is 0 Å². The molecule has 0 saturated carbocycles. The van der Waals surface area contributed by atoms with Gasteiger partial charge in [0, 0.05) is 11.7 Å². The van der Waals surface area contributed by atoms with E-state index in [1.54, 1.807) is 0 Å². The number of nitrogens with two attached hydrogens (primary N) is 1.